The number of fused-ring (bicyclic) bond motifs is 1. The molecule has 1 aliphatic carbocycles. The Hall–Kier alpha value is -2.81. The van der Waals surface area contributed by atoms with Crippen molar-refractivity contribution in [2.45, 2.75) is 86.5 Å². The van der Waals surface area contributed by atoms with Gasteiger partial charge in [0.1, 0.15) is 0 Å². The molecule has 1 heterocycles. The third kappa shape index (κ3) is 8.15. The maximum absolute atomic E-state index is 11.7. The number of aliphatic hydroxyl groups is 1. The zero-order chi connectivity index (χ0) is 27.8. The number of pyridine rings is 1. The Morgan fingerprint density at radius 3 is 2.24 bits per heavy atom. The molecule has 5 rings (SSSR count). The first-order valence-corrected chi connectivity index (χ1v) is 14.8. The molecule has 0 saturated heterocycles. The van der Waals surface area contributed by atoms with Crippen LogP contribution in [-0.4, -0.2) is 15.9 Å². The number of aliphatic hydroxyl groups excluding tert-OH is 1. The number of allylic oxidation sites excluding steroid dienone is 2. The van der Waals surface area contributed by atoms with Crippen molar-refractivity contribution in [2.75, 3.05) is 0 Å². The molecule has 3 nitrogen and oxygen atoms in total. The van der Waals surface area contributed by atoms with Gasteiger partial charge in [0.05, 0.1) is 11.3 Å². The van der Waals surface area contributed by atoms with E-state index in [1.54, 1.807) is 0 Å². The summed E-state index contributed by atoms with van der Waals surface area (Å²) in [4.78, 5) is 16.7. The molecule has 1 aliphatic rings. The number of carbonyl (C=O) groups excluding carboxylic acids is 1. The molecule has 0 spiro atoms. The Morgan fingerprint density at radius 1 is 0.902 bits per heavy atom. The molecule has 3 aromatic carbocycles. The molecule has 1 radical (unpaired) electrons. The largest absolute Gasteiger partial charge is 0.512 e. The summed E-state index contributed by atoms with van der Waals surface area (Å²) in [6.45, 7) is 8.07. The van der Waals surface area contributed by atoms with Crippen LogP contribution in [-0.2, 0) is 37.7 Å². The van der Waals surface area contributed by atoms with Crippen molar-refractivity contribution in [2.24, 2.45) is 11.8 Å². The zero-order valence-electron chi connectivity index (χ0n) is 24.3. The third-order valence-corrected chi connectivity index (χ3v) is 8.20. The van der Waals surface area contributed by atoms with Gasteiger partial charge in [-0.2, -0.15) is 0 Å². The summed E-state index contributed by atoms with van der Waals surface area (Å²) < 4.78 is 0. The molecule has 1 aromatic heterocycles. The van der Waals surface area contributed by atoms with Crippen LogP contribution < -0.4 is 0 Å². The predicted octanol–water partition coefficient (Wildman–Crippen LogP) is 10.2. The number of benzene rings is 3. The van der Waals surface area contributed by atoms with Crippen LogP contribution in [0.5, 0.6) is 0 Å². The summed E-state index contributed by atoms with van der Waals surface area (Å²) in [6.07, 6.45) is 9.75. The fourth-order valence-corrected chi connectivity index (χ4v) is 5.77. The van der Waals surface area contributed by atoms with Crippen molar-refractivity contribution in [1.82, 2.24) is 4.98 Å². The molecule has 0 aliphatic heterocycles. The second kappa shape index (κ2) is 16.6. The van der Waals surface area contributed by atoms with Crippen LogP contribution in [0, 0.1) is 17.9 Å². The summed E-state index contributed by atoms with van der Waals surface area (Å²) in [5.74, 6) is 0.547. The Morgan fingerprint density at radius 2 is 1.56 bits per heavy atom. The van der Waals surface area contributed by atoms with Gasteiger partial charge in [0.25, 0.3) is 0 Å². The van der Waals surface area contributed by atoms with E-state index in [1.165, 1.54) is 52.6 Å². The van der Waals surface area contributed by atoms with Crippen molar-refractivity contribution < 1.29 is 30.0 Å². The van der Waals surface area contributed by atoms with Crippen LogP contribution in [0.1, 0.15) is 84.8 Å². The number of nitrogens with zero attached hydrogens (tertiary/aromatic N) is 1. The summed E-state index contributed by atoms with van der Waals surface area (Å²) in [5, 5.41) is 13.6. The molecule has 41 heavy (non-hydrogen) atoms. The Balaban J connectivity index is 0.000000306. The van der Waals surface area contributed by atoms with Crippen molar-refractivity contribution in [3.05, 3.63) is 89.7 Å². The molecule has 0 atom stereocenters. The van der Waals surface area contributed by atoms with Gasteiger partial charge in [-0.1, -0.05) is 83.0 Å². The topological polar surface area (TPSA) is 50.2 Å². The van der Waals surface area contributed by atoms with Crippen molar-refractivity contribution in [3.63, 3.8) is 0 Å². The van der Waals surface area contributed by atoms with E-state index in [0.717, 1.165) is 48.9 Å². The summed E-state index contributed by atoms with van der Waals surface area (Å²) in [6, 6.07) is 24.9. The monoisotopic (exact) mass is 729 g/mol. The van der Waals surface area contributed by atoms with Crippen molar-refractivity contribution in [1.29, 1.82) is 0 Å². The number of carbonyl (C=O) groups is 1. The van der Waals surface area contributed by atoms with E-state index >= 15 is 0 Å². The molecule has 1 N–H and O–H groups in total. The van der Waals surface area contributed by atoms with E-state index in [2.05, 4.69) is 60.7 Å². The molecule has 4 aromatic rings. The van der Waals surface area contributed by atoms with E-state index in [0.29, 0.717) is 0 Å². The van der Waals surface area contributed by atoms with E-state index in [-0.39, 0.29) is 50.9 Å². The minimum absolute atomic E-state index is 0. The van der Waals surface area contributed by atoms with Gasteiger partial charge >= 0.3 is 0 Å². The fourth-order valence-electron chi connectivity index (χ4n) is 5.77. The van der Waals surface area contributed by atoms with Gasteiger partial charge in [-0.3, -0.25) is 9.78 Å². The average molecular weight is 729 g/mol. The van der Waals surface area contributed by atoms with Gasteiger partial charge in [0.15, 0.2) is 5.78 Å². The third-order valence-electron chi connectivity index (χ3n) is 8.20. The molecular formula is C37H46IrNO2-. The predicted molar refractivity (Wildman–Crippen MR) is 171 cm³/mol. The normalized spacial score (nSPS) is 12.8. The minimum Gasteiger partial charge on any atom is -0.512 e. The number of aromatic nitrogens is 1. The van der Waals surface area contributed by atoms with Crippen LogP contribution in [0.2, 0.25) is 0 Å². The Labute approximate surface area is 260 Å². The van der Waals surface area contributed by atoms with Crippen molar-refractivity contribution >= 4 is 27.5 Å². The average Bonchev–Trinajstić information content (AvgIpc) is 3.17. The molecule has 0 unspecified atom stereocenters. The van der Waals surface area contributed by atoms with Gasteiger partial charge in [0, 0.05) is 43.4 Å². The molecule has 4 heteroatoms. The van der Waals surface area contributed by atoms with E-state index in [9.17, 15) is 9.90 Å². The Bertz CT molecular complexity index is 1450. The number of rotatable bonds is 8. The van der Waals surface area contributed by atoms with E-state index in [4.69, 9.17) is 4.98 Å². The summed E-state index contributed by atoms with van der Waals surface area (Å²) >= 11 is 0. The van der Waals surface area contributed by atoms with Crippen LogP contribution in [0.3, 0.4) is 0 Å². The van der Waals surface area contributed by atoms with E-state index in [1.807, 2.05) is 33.8 Å². The molecule has 0 saturated carbocycles. The zero-order valence-corrected chi connectivity index (χ0v) is 26.7. The van der Waals surface area contributed by atoms with Gasteiger partial charge in [0.2, 0.25) is 0 Å². The van der Waals surface area contributed by atoms with Gasteiger partial charge < -0.3 is 5.11 Å². The molecule has 0 bridgehead atoms. The van der Waals surface area contributed by atoms with Crippen LogP contribution in [0.4, 0.5) is 0 Å². The van der Waals surface area contributed by atoms with Crippen molar-refractivity contribution in [3.8, 4) is 11.3 Å². The maximum atomic E-state index is 11.7. The van der Waals surface area contributed by atoms with Crippen LogP contribution >= 0.6 is 0 Å². The number of hydrogen-bond donors (Lipinski definition) is 1. The minimum atomic E-state index is 0. The molecular weight excluding hydrogens is 683 g/mol. The second-order valence-electron chi connectivity index (χ2n) is 10.6. The number of aryl methyl sites for hydroxylation is 2. The summed E-state index contributed by atoms with van der Waals surface area (Å²) in [7, 11) is 0. The maximum Gasteiger partial charge on any atom is 0.162 e. The molecule has 0 fully saturated rings. The van der Waals surface area contributed by atoms with Gasteiger partial charge in [-0.15, -0.1) is 29.1 Å². The second-order valence-corrected chi connectivity index (χ2v) is 10.6. The first-order chi connectivity index (χ1) is 19.0. The first-order valence-electron chi connectivity index (χ1n) is 14.8. The summed E-state index contributed by atoms with van der Waals surface area (Å²) in [5.41, 5.74) is 6.20. The molecule has 0 amide bonds. The van der Waals surface area contributed by atoms with Gasteiger partial charge in [-0.05, 0) is 74.3 Å². The quantitative estimate of drug-likeness (QED) is 0.112. The first kappa shape index (κ1) is 34.4. The van der Waals surface area contributed by atoms with Crippen LogP contribution in [0.15, 0.2) is 72.5 Å². The fraction of sp³-hybridized carbons (Fsp3) is 0.405. The standard InChI is InChI=1S/C23H18N.C13H24O2.CH4.Ir/c1-2-9-18-15-22(24-21-14-6-11-17(8-1)23(18)21)20-13-5-10-16-7-3-4-12-19(16)20;1-5-10(6-2)12(14)9-13(15)11(7-3)8-4;;/h3-7,10-12,14-15H,1-2,8-9H2;9-11,14H,5-8H2,1-4H3;1H4;/q-1;;;. The van der Waals surface area contributed by atoms with E-state index < -0.39 is 0 Å². The SMILES string of the molecule is C.CCC(CC)C(=O)C=C(O)C(CC)CC.[Ir].[c-]1ccc2ccccc2c1-c1cc2c3c(cccc3n1)CCCC2. The van der Waals surface area contributed by atoms with Crippen LogP contribution in [0.25, 0.3) is 32.9 Å². The number of hydrogen-bond acceptors (Lipinski definition) is 3. The smallest absolute Gasteiger partial charge is 0.162 e. The van der Waals surface area contributed by atoms with Gasteiger partial charge in [-0.25, -0.2) is 0 Å². The molecule has 221 valence electrons. The number of ketones is 1. The Kier molecular flexibility index (Phi) is 13.9.